The van der Waals surface area contributed by atoms with Crippen molar-refractivity contribution in [2.75, 3.05) is 0 Å². The first-order valence-electron chi connectivity index (χ1n) is 7.02. The number of carbonyl (C=O) groups is 1. The lowest BCUT2D eigenvalue weighted by atomic mass is 9.61. The molecule has 0 fully saturated rings. The number of hydrogen-bond donors (Lipinski definition) is 0. The Morgan fingerprint density at radius 1 is 1.05 bits per heavy atom. The largest absolute Gasteiger partial charge is 0.409 e. The molecule has 0 aromatic carbocycles. The SMILES string of the molecule is CC(C)(C)CC(C)(C1=NC(C)(C)C(=O)O1)C(C)(C)C. The molecule has 0 aromatic rings. The van der Waals surface area contributed by atoms with Crippen LogP contribution >= 0.6 is 0 Å². The molecule has 1 atom stereocenters. The van der Waals surface area contributed by atoms with E-state index in [1.54, 1.807) is 0 Å². The van der Waals surface area contributed by atoms with Gasteiger partial charge < -0.3 is 4.74 Å². The molecule has 1 aliphatic heterocycles. The second-order valence-corrected chi connectivity index (χ2v) is 8.69. The predicted molar refractivity (Wildman–Crippen MR) is 79.2 cm³/mol. The van der Waals surface area contributed by atoms with Crippen LogP contribution in [-0.2, 0) is 9.53 Å². The normalized spacial score (nSPS) is 22.8. The van der Waals surface area contributed by atoms with Gasteiger partial charge in [-0.3, -0.25) is 0 Å². The lowest BCUT2D eigenvalue weighted by Gasteiger charge is -2.44. The van der Waals surface area contributed by atoms with Gasteiger partial charge in [-0.15, -0.1) is 0 Å². The second-order valence-electron chi connectivity index (χ2n) is 8.69. The van der Waals surface area contributed by atoms with Gasteiger partial charge in [-0.05, 0) is 31.1 Å². The molecule has 0 amide bonds. The van der Waals surface area contributed by atoms with Crippen molar-refractivity contribution in [2.45, 2.75) is 74.3 Å². The Labute approximate surface area is 117 Å². The van der Waals surface area contributed by atoms with Gasteiger partial charge in [0.2, 0.25) is 5.90 Å². The average molecular weight is 267 g/mol. The highest BCUT2D eigenvalue weighted by Gasteiger charge is 2.51. The molecule has 3 nitrogen and oxygen atoms in total. The van der Waals surface area contributed by atoms with Gasteiger partial charge in [0.1, 0.15) is 0 Å². The number of aliphatic imine (C=N–C) groups is 1. The van der Waals surface area contributed by atoms with Crippen LogP contribution < -0.4 is 0 Å². The van der Waals surface area contributed by atoms with Crippen LogP contribution in [0.4, 0.5) is 0 Å². The lowest BCUT2D eigenvalue weighted by molar-refractivity contribution is -0.138. The fourth-order valence-electron chi connectivity index (χ4n) is 2.49. The molecular formula is C16H29NO2. The van der Waals surface area contributed by atoms with Gasteiger partial charge in [-0.25, -0.2) is 9.79 Å². The minimum atomic E-state index is -0.750. The first-order valence-corrected chi connectivity index (χ1v) is 7.02. The molecule has 1 rings (SSSR count). The fraction of sp³-hybridized carbons (Fsp3) is 0.875. The van der Waals surface area contributed by atoms with Crippen molar-refractivity contribution in [3.05, 3.63) is 0 Å². The number of hydrogen-bond acceptors (Lipinski definition) is 3. The maximum Gasteiger partial charge on any atom is 0.340 e. The first-order chi connectivity index (χ1) is 8.19. The summed E-state index contributed by atoms with van der Waals surface area (Å²) in [7, 11) is 0. The van der Waals surface area contributed by atoms with Crippen molar-refractivity contribution in [2.24, 2.45) is 21.2 Å². The van der Waals surface area contributed by atoms with Crippen molar-refractivity contribution >= 4 is 11.9 Å². The Morgan fingerprint density at radius 3 is 1.79 bits per heavy atom. The molecule has 110 valence electrons. The Hall–Kier alpha value is -0.860. The molecule has 0 saturated carbocycles. The van der Waals surface area contributed by atoms with Gasteiger partial charge in [-0.2, -0.15) is 0 Å². The average Bonchev–Trinajstić information content (AvgIpc) is 2.36. The van der Waals surface area contributed by atoms with Crippen LogP contribution in [0.5, 0.6) is 0 Å². The van der Waals surface area contributed by atoms with Crippen LogP contribution in [0.25, 0.3) is 0 Å². The van der Waals surface area contributed by atoms with E-state index in [1.807, 2.05) is 13.8 Å². The smallest absolute Gasteiger partial charge is 0.340 e. The Bertz CT molecular complexity index is 407. The van der Waals surface area contributed by atoms with Crippen LogP contribution in [-0.4, -0.2) is 17.4 Å². The van der Waals surface area contributed by atoms with Gasteiger partial charge in [0.05, 0.1) is 0 Å². The molecule has 0 N–H and O–H groups in total. The molecule has 1 heterocycles. The standard InChI is InChI=1S/C16H29NO2/c1-13(2,3)10-16(9,14(4,5)6)11-17-15(7,8)12(18)19-11/h10H2,1-9H3. The molecule has 0 bridgehead atoms. The summed E-state index contributed by atoms with van der Waals surface area (Å²) in [4.78, 5) is 16.5. The summed E-state index contributed by atoms with van der Waals surface area (Å²) in [5.74, 6) is 0.358. The molecule has 0 aliphatic carbocycles. The highest BCUT2D eigenvalue weighted by Crippen LogP contribution is 2.49. The quantitative estimate of drug-likeness (QED) is 0.703. The second kappa shape index (κ2) is 4.32. The zero-order valence-corrected chi connectivity index (χ0v) is 14.0. The molecular weight excluding hydrogens is 238 g/mol. The number of rotatable bonds is 2. The van der Waals surface area contributed by atoms with Crippen molar-refractivity contribution in [3.63, 3.8) is 0 Å². The summed E-state index contributed by atoms with van der Waals surface area (Å²) in [6.07, 6.45) is 0.922. The van der Waals surface area contributed by atoms with Crippen LogP contribution in [0.1, 0.15) is 68.7 Å². The van der Waals surface area contributed by atoms with E-state index < -0.39 is 5.54 Å². The minimum absolute atomic E-state index is 0.0280. The number of carbonyl (C=O) groups excluding carboxylic acids is 1. The van der Waals surface area contributed by atoms with Gasteiger partial charge in [0, 0.05) is 5.41 Å². The van der Waals surface area contributed by atoms with Crippen molar-refractivity contribution in [3.8, 4) is 0 Å². The monoisotopic (exact) mass is 267 g/mol. The molecule has 0 saturated heterocycles. The van der Waals surface area contributed by atoms with Crippen molar-refractivity contribution < 1.29 is 9.53 Å². The summed E-state index contributed by atoms with van der Waals surface area (Å²) in [5, 5.41) is 0. The summed E-state index contributed by atoms with van der Waals surface area (Å²) < 4.78 is 5.53. The molecule has 19 heavy (non-hydrogen) atoms. The third-order valence-electron chi connectivity index (χ3n) is 4.08. The van der Waals surface area contributed by atoms with E-state index in [4.69, 9.17) is 4.74 Å². The predicted octanol–water partition coefficient (Wildman–Crippen LogP) is 4.21. The molecule has 1 aliphatic rings. The Morgan fingerprint density at radius 2 is 1.53 bits per heavy atom. The number of ether oxygens (including phenoxy) is 1. The van der Waals surface area contributed by atoms with E-state index in [9.17, 15) is 4.79 Å². The van der Waals surface area contributed by atoms with E-state index in [0.717, 1.165) is 6.42 Å². The number of cyclic esters (lactones) is 1. The van der Waals surface area contributed by atoms with Crippen LogP contribution in [0, 0.1) is 16.2 Å². The summed E-state index contributed by atoms with van der Waals surface area (Å²) in [5.41, 5.74) is -0.891. The highest BCUT2D eigenvalue weighted by atomic mass is 16.6. The number of esters is 1. The molecule has 3 heteroatoms. The first kappa shape index (κ1) is 16.2. The molecule has 0 radical (unpaired) electrons. The maximum atomic E-state index is 11.9. The Balaban J connectivity index is 3.25. The minimum Gasteiger partial charge on any atom is -0.409 e. The highest BCUT2D eigenvalue weighted by molar-refractivity contribution is 6.02. The molecule has 1 unspecified atom stereocenters. The van der Waals surface area contributed by atoms with Gasteiger partial charge in [0.15, 0.2) is 5.54 Å². The van der Waals surface area contributed by atoms with Gasteiger partial charge in [-0.1, -0.05) is 48.5 Å². The summed E-state index contributed by atoms with van der Waals surface area (Å²) >= 11 is 0. The van der Waals surface area contributed by atoms with E-state index in [2.05, 4.69) is 53.5 Å². The molecule has 0 aromatic heterocycles. The maximum absolute atomic E-state index is 11.9. The van der Waals surface area contributed by atoms with E-state index in [1.165, 1.54) is 0 Å². The topological polar surface area (TPSA) is 38.7 Å². The van der Waals surface area contributed by atoms with Crippen LogP contribution in [0.2, 0.25) is 0 Å². The van der Waals surface area contributed by atoms with Crippen LogP contribution in [0.3, 0.4) is 0 Å². The van der Waals surface area contributed by atoms with Crippen LogP contribution in [0.15, 0.2) is 4.99 Å². The zero-order valence-electron chi connectivity index (χ0n) is 14.0. The van der Waals surface area contributed by atoms with E-state index in [0.29, 0.717) is 5.90 Å². The lowest BCUT2D eigenvalue weighted by Crippen LogP contribution is -2.43. The number of nitrogens with zero attached hydrogens (tertiary/aromatic N) is 1. The summed E-state index contributed by atoms with van der Waals surface area (Å²) in [6.45, 7) is 18.9. The Kier molecular flexibility index (Phi) is 3.68. The van der Waals surface area contributed by atoms with E-state index >= 15 is 0 Å². The van der Waals surface area contributed by atoms with Crippen molar-refractivity contribution in [1.82, 2.24) is 0 Å². The third-order valence-corrected chi connectivity index (χ3v) is 4.08. The third kappa shape index (κ3) is 3.18. The van der Waals surface area contributed by atoms with Crippen molar-refractivity contribution in [1.29, 1.82) is 0 Å². The van der Waals surface area contributed by atoms with E-state index in [-0.39, 0.29) is 22.2 Å². The fourth-order valence-corrected chi connectivity index (χ4v) is 2.49. The zero-order chi connectivity index (χ0) is 15.3. The van der Waals surface area contributed by atoms with Gasteiger partial charge >= 0.3 is 5.97 Å². The molecule has 0 spiro atoms. The summed E-state index contributed by atoms with van der Waals surface area (Å²) in [6, 6.07) is 0. The van der Waals surface area contributed by atoms with Gasteiger partial charge in [0.25, 0.3) is 0 Å².